The van der Waals surface area contributed by atoms with Crippen molar-refractivity contribution in [2.24, 2.45) is 0 Å². The van der Waals surface area contributed by atoms with Gasteiger partial charge < -0.3 is 10.6 Å². The molecule has 2 aromatic carbocycles. The molecule has 0 radical (unpaired) electrons. The fraction of sp³-hybridized carbons (Fsp3) is 0. The molecule has 0 aliphatic rings. The number of para-hydroxylation sites is 2. The molecular weight excluding hydrogens is 376 g/mol. The zero-order chi connectivity index (χ0) is 13.0. The Hall–Kier alpha value is -0.910. The summed E-state index contributed by atoms with van der Waals surface area (Å²) in [5.41, 5.74) is 1.86. The molecule has 0 aliphatic carbocycles. The monoisotopic (exact) mass is 384 g/mol. The Balaban J connectivity index is 2.08. The molecular formula is C13H10Br2N2S. The van der Waals surface area contributed by atoms with Crippen LogP contribution in [-0.2, 0) is 0 Å². The summed E-state index contributed by atoms with van der Waals surface area (Å²) in [6.07, 6.45) is 0. The van der Waals surface area contributed by atoms with Gasteiger partial charge in [-0.25, -0.2) is 0 Å². The van der Waals surface area contributed by atoms with Crippen LogP contribution in [-0.4, -0.2) is 5.11 Å². The molecule has 0 saturated carbocycles. The third-order valence-corrected chi connectivity index (χ3v) is 3.76. The Morgan fingerprint density at radius 1 is 0.833 bits per heavy atom. The predicted molar refractivity (Wildman–Crippen MR) is 88.1 cm³/mol. The molecule has 0 spiro atoms. The van der Waals surface area contributed by atoms with Gasteiger partial charge in [-0.2, -0.15) is 0 Å². The third-order valence-electron chi connectivity index (χ3n) is 2.23. The van der Waals surface area contributed by atoms with Crippen LogP contribution in [0, 0.1) is 0 Å². The van der Waals surface area contributed by atoms with Crippen LogP contribution >= 0.6 is 44.1 Å². The van der Waals surface area contributed by atoms with Crippen molar-refractivity contribution in [3.8, 4) is 0 Å². The Kier molecular flexibility index (Phi) is 4.74. The highest BCUT2D eigenvalue weighted by Gasteiger charge is 2.06. The minimum absolute atomic E-state index is 0.550. The van der Waals surface area contributed by atoms with E-state index in [0.29, 0.717) is 5.11 Å². The maximum Gasteiger partial charge on any atom is 0.175 e. The van der Waals surface area contributed by atoms with Crippen LogP contribution in [0.3, 0.4) is 0 Å². The maximum absolute atomic E-state index is 5.27. The number of benzene rings is 2. The molecule has 2 N–H and O–H groups in total. The lowest BCUT2D eigenvalue weighted by Crippen LogP contribution is -2.19. The van der Waals surface area contributed by atoms with Gasteiger partial charge >= 0.3 is 0 Å². The second kappa shape index (κ2) is 6.31. The van der Waals surface area contributed by atoms with Gasteiger partial charge in [-0.1, -0.05) is 24.3 Å². The molecule has 0 unspecified atom stereocenters. The molecule has 92 valence electrons. The van der Waals surface area contributed by atoms with Crippen molar-refractivity contribution in [3.05, 3.63) is 57.5 Å². The van der Waals surface area contributed by atoms with E-state index in [1.54, 1.807) is 0 Å². The molecule has 18 heavy (non-hydrogen) atoms. The lowest BCUT2D eigenvalue weighted by atomic mass is 10.3. The van der Waals surface area contributed by atoms with Crippen molar-refractivity contribution in [2.75, 3.05) is 10.6 Å². The summed E-state index contributed by atoms with van der Waals surface area (Å²) >= 11 is 12.2. The van der Waals surface area contributed by atoms with Crippen molar-refractivity contribution in [3.63, 3.8) is 0 Å². The lowest BCUT2D eigenvalue weighted by Gasteiger charge is -2.13. The standard InChI is InChI=1S/C13H10Br2N2S/c14-10-7-4-8-11(15)12(10)17-13(18)16-9-5-2-1-3-6-9/h1-8H,(H2,16,17,18). The average Bonchev–Trinajstić information content (AvgIpc) is 2.35. The highest BCUT2D eigenvalue weighted by molar-refractivity contribution is 9.11. The smallest absolute Gasteiger partial charge is 0.175 e. The van der Waals surface area contributed by atoms with Crippen molar-refractivity contribution >= 4 is 60.6 Å². The van der Waals surface area contributed by atoms with Gasteiger partial charge in [0.1, 0.15) is 0 Å². The van der Waals surface area contributed by atoms with Crippen LogP contribution < -0.4 is 10.6 Å². The first kappa shape index (κ1) is 13.5. The second-order valence-electron chi connectivity index (χ2n) is 3.54. The Bertz CT molecular complexity index is 538. The summed E-state index contributed by atoms with van der Waals surface area (Å²) in [6, 6.07) is 15.7. The van der Waals surface area contributed by atoms with Gasteiger partial charge in [0, 0.05) is 14.6 Å². The minimum Gasteiger partial charge on any atom is -0.332 e. The molecule has 0 bridgehead atoms. The van der Waals surface area contributed by atoms with Crippen LogP contribution in [0.5, 0.6) is 0 Å². The summed E-state index contributed by atoms with van der Waals surface area (Å²) in [4.78, 5) is 0. The van der Waals surface area contributed by atoms with E-state index in [2.05, 4.69) is 42.5 Å². The van der Waals surface area contributed by atoms with Crippen LogP contribution in [0.2, 0.25) is 0 Å². The predicted octanol–water partition coefficient (Wildman–Crippen LogP) is 5.02. The summed E-state index contributed by atoms with van der Waals surface area (Å²) < 4.78 is 1.91. The number of thiocarbonyl (C=S) groups is 1. The molecule has 5 heteroatoms. The topological polar surface area (TPSA) is 24.1 Å². The van der Waals surface area contributed by atoms with E-state index in [-0.39, 0.29) is 0 Å². The van der Waals surface area contributed by atoms with Crippen LogP contribution in [0.1, 0.15) is 0 Å². The first-order chi connectivity index (χ1) is 8.66. The van der Waals surface area contributed by atoms with Crippen molar-refractivity contribution in [1.29, 1.82) is 0 Å². The van der Waals surface area contributed by atoms with Gasteiger partial charge in [0.05, 0.1) is 5.69 Å². The highest BCUT2D eigenvalue weighted by atomic mass is 79.9. The number of hydrogen-bond acceptors (Lipinski definition) is 1. The highest BCUT2D eigenvalue weighted by Crippen LogP contribution is 2.30. The van der Waals surface area contributed by atoms with E-state index < -0.39 is 0 Å². The Morgan fingerprint density at radius 3 is 2.06 bits per heavy atom. The zero-order valence-electron chi connectivity index (χ0n) is 9.28. The third kappa shape index (κ3) is 3.54. The number of rotatable bonds is 2. The van der Waals surface area contributed by atoms with E-state index >= 15 is 0 Å². The molecule has 2 rings (SSSR count). The normalized spacial score (nSPS) is 9.89. The number of anilines is 2. The van der Waals surface area contributed by atoms with Gasteiger partial charge in [-0.05, 0) is 68.3 Å². The van der Waals surface area contributed by atoms with Crippen molar-refractivity contribution in [2.45, 2.75) is 0 Å². The fourth-order valence-corrected chi connectivity index (χ4v) is 2.83. The lowest BCUT2D eigenvalue weighted by molar-refractivity contribution is 1.54. The molecule has 0 aromatic heterocycles. The molecule has 0 atom stereocenters. The SMILES string of the molecule is S=C(Nc1ccccc1)Nc1c(Br)cccc1Br. The molecule has 2 nitrogen and oxygen atoms in total. The molecule has 0 heterocycles. The van der Waals surface area contributed by atoms with Crippen LogP contribution in [0.4, 0.5) is 11.4 Å². The summed E-state index contributed by atoms with van der Waals surface area (Å²) in [6.45, 7) is 0. The first-order valence-corrected chi connectivity index (χ1v) is 7.23. The van der Waals surface area contributed by atoms with E-state index in [9.17, 15) is 0 Å². The van der Waals surface area contributed by atoms with Crippen LogP contribution in [0.15, 0.2) is 57.5 Å². The molecule has 0 aliphatic heterocycles. The van der Waals surface area contributed by atoms with Gasteiger partial charge in [0.25, 0.3) is 0 Å². The van der Waals surface area contributed by atoms with Crippen molar-refractivity contribution in [1.82, 2.24) is 0 Å². The van der Waals surface area contributed by atoms with E-state index in [0.717, 1.165) is 20.3 Å². The summed E-state index contributed by atoms with van der Waals surface area (Å²) in [5.74, 6) is 0. The van der Waals surface area contributed by atoms with Gasteiger partial charge in [-0.15, -0.1) is 0 Å². The first-order valence-electron chi connectivity index (χ1n) is 5.24. The molecule has 0 amide bonds. The van der Waals surface area contributed by atoms with Gasteiger partial charge in [0.2, 0.25) is 0 Å². The van der Waals surface area contributed by atoms with Gasteiger partial charge in [0.15, 0.2) is 5.11 Å². The second-order valence-corrected chi connectivity index (χ2v) is 5.66. The maximum atomic E-state index is 5.27. The van der Waals surface area contributed by atoms with Crippen LogP contribution in [0.25, 0.3) is 0 Å². The molecule has 0 saturated heterocycles. The number of nitrogens with one attached hydrogen (secondary N) is 2. The quantitative estimate of drug-likeness (QED) is 0.709. The molecule has 0 fully saturated rings. The average molecular weight is 386 g/mol. The van der Waals surface area contributed by atoms with E-state index in [1.165, 1.54) is 0 Å². The fourth-order valence-electron chi connectivity index (χ4n) is 1.41. The summed E-state index contributed by atoms with van der Waals surface area (Å²) in [5, 5.41) is 6.83. The van der Waals surface area contributed by atoms with E-state index in [1.807, 2.05) is 48.5 Å². The summed E-state index contributed by atoms with van der Waals surface area (Å²) in [7, 11) is 0. The molecule has 2 aromatic rings. The minimum atomic E-state index is 0.550. The Morgan fingerprint density at radius 2 is 1.44 bits per heavy atom. The number of hydrogen-bond donors (Lipinski definition) is 2. The van der Waals surface area contributed by atoms with E-state index in [4.69, 9.17) is 12.2 Å². The largest absolute Gasteiger partial charge is 0.332 e. The Labute approximate surface area is 128 Å². The van der Waals surface area contributed by atoms with Gasteiger partial charge in [-0.3, -0.25) is 0 Å². The van der Waals surface area contributed by atoms with Crippen molar-refractivity contribution < 1.29 is 0 Å². The zero-order valence-corrected chi connectivity index (χ0v) is 13.3. The number of halogens is 2.